The highest BCUT2D eigenvalue weighted by Gasteiger charge is 2.26. The number of anilines is 1. The first-order chi connectivity index (χ1) is 8.61. The van der Waals surface area contributed by atoms with Crippen LogP contribution >= 0.6 is 11.6 Å². The Bertz CT molecular complexity index is 453. The second-order valence-corrected chi connectivity index (χ2v) is 5.01. The Morgan fingerprint density at radius 1 is 1.50 bits per heavy atom. The third-order valence-electron chi connectivity index (χ3n) is 3.46. The number of hydrogen-bond donors (Lipinski definition) is 2. The fraction of sp³-hybridized carbons (Fsp3) is 0.500. The summed E-state index contributed by atoms with van der Waals surface area (Å²) in [5.74, 6) is 0.444. The van der Waals surface area contributed by atoms with E-state index in [-0.39, 0.29) is 10.7 Å². The van der Waals surface area contributed by atoms with Crippen LogP contribution in [0.2, 0.25) is 5.02 Å². The Hall–Kier alpha value is -1.33. The van der Waals surface area contributed by atoms with Crippen LogP contribution in [0.15, 0.2) is 18.2 Å². The van der Waals surface area contributed by atoms with E-state index in [9.17, 15) is 10.1 Å². The molecule has 0 aromatic heterocycles. The molecule has 0 saturated heterocycles. The molecule has 0 bridgehead atoms. The molecule has 0 spiro atoms. The maximum absolute atomic E-state index is 10.8. The molecule has 2 rings (SSSR count). The van der Waals surface area contributed by atoms with E-state index in [2.05, 4.69) is 5.32 Å². The van der Waals surface area contributed by atoms with Crippen molar-refractivity contribution < 1.29 is 4.92 Å². The van der Waals surface area contributed by atoms with Gasteiger partial charge in [-0.05, 0) is 37.4 Å². The first-order valence-corrected chi connectivity index (χ1v) is 6.40. The van der Waals surface area contributed by atoms with Gasteiger partial charge in [-0.3, -0.25) is 10.1 Å². The summed E-state index contributed by atoms with van der Waals surface area (Å²) in [6.45, 7) is 0.646. The predicted molar refractivity (Wildman–Crippen MR) is 71.9 cm³/mol. The van der Waals surface area contributed by atoms with Gasteiger partial charge in [0.05, 0.1) is 4.92 Å². The highest BCUT2D eigenvalue weighted by atomic mass is 35.5. The number of nitro benzene ring substituents is 1. The lowest BCUT2D eigenvalue weighted by molar-refractivity contribution is -0.384. The molecule has 18 heavy (non-hydrogen) atoms. The zero-order valence-corrected chi connectivity index (χ0v) is 10.7. The van der Waals surface area contributed by atoms with Crippen LogP contribution in [0.1, 0.15) is 19.3 Å². The van der Waals surface area contributed by atoms with E-state index >= 15 is 0 Å². The van der Waals surface area contributed by atoms with Crippen molar-refractivity contribution in [2.45, 2.75) is 25.3 Å². The molecule has 1 aromatic rings. The Balaban J connectivity index is 2.14. The molecule has 5 nitrogen and oxygen atoms in total. The summed E-state index contributed by atoms with van der Waals surface area (Å²) in [5, 5.41) is 14.3. The van der Waals surface area contributed by atoms with Gasteiger partial charge in [0.1, 0.15) is 5.02 Å². The monoisotopic (exact) mass is 269 g/mol. The topological polar surface area (TPSA) is 81.2 Å². The Morgan fingerprint density at radius 2 is 2.28 bits per heavy atom. The smallest absolute Gasteiger partial charge is 0.289 e. The van der Waals surface area contributed by atoms with Crippen molar-refractivity contribution in [1.29, 1.82) is 0 Å². The molecule has 1 saturated carbocycles. The number of nitro groups is 1. The lowest BCUT2D eigenvalue weighted by Crippen LogP contribution is -2.29. The number of nitrogens with two attached hydrogens (primary N) is 1. The van der Waals surface area contributed by atoms with Crippen LogP contribution in [0.4, 0.5) is 11.4 Å². The SMILES string of the molecule is NCC1CCCC1Nc1ccc(Cl)c([N+](=O)[O-])c1. The molecule has 2 atom stereocenters. The van der Waals surface area contributed by atoms with Crippen LogP contribution < -0.4 is 11.1 Å². The quantitative estimate of drug-likeness (QED) is 0.650. The van der Waals surface area contributed by atoms with Gasteiger partial charge in [-0.2, -0.15) is 0 Å². The molecule has 0 radical (unpaired) electrons. The largest absolute Gasteiger partial charge is 0.382 e. The fourth-order valence-electron chi connectivity index (χ4n) is 2.47. The lowest BCUT2D eigenvalue weighted by atomic mass is 10.0. The maximum Gasteiger partial charge on any atom is 0.289 e. The molecule has 6 heteroatoms. The average Bonchev–Trinajstić information content (AvgIpc) is 2.78. The van der Waals surface area contributed by atoms with E-state index in [0.29, 0.717) is 18.5 Å². The molecular weight excluding hydrogens is 254 g/mol. The normalized spacial score (nSPS) is 23.0. The number of rotatable bonds is 4. The molecule has 98 valence electrons. The molecule has 0 amide bonds. The van der Waals surface area contributed by atoms with Gasteiger partial charge in [-0.25, -0.2) is 0 Å². The van der Waals surface area contributed by atoms with Crippen LogP contribution in [0.25, 0.3) is 0 Å². The van der Waals surface area contributed by atoms with Gasteiger partial charge in [-0.1, -0.05) is 18.0 Å². The van der Waals surface area contributed by atoms with E-state index in [1.54, 1.807) is 12.1 Å². The van der Waals surface area contributed by atoms with Gasteiger partial charge >= 0.3 is 0 Å². The molecule has 0 heterocycles. The van der Waals surface area contributed by atoms with E-state index in [0.717, 1.165) is 24.9 Å². The van der Waals surface area contributed by atoms with Gasteiger partial charge < -0.3 is 11.1 Å². The van der Waals surface area contributed by atoms with Crippen molar-refractivity contribution in [3.63, 3.8) is 0 Å². The van der Waals surface area contributed by atoms with Crippen LogP contribution in [0, 0.1) is 16.0 Å². The van der Waals surface area contributed by atoms with Crippen LogP contribution in [0.3, 0.4) is 0 Å². The fourth-order valence-corrected chi connectivity index (χ4v) is 2.65. The van der Waals surface area contributed by atoms with Crippen LogP contribution in [0.5, 0.6) is 0 Å². The molecule has 3 N–H and O–H groups in total. The third-order valence-corrected chi connectivity index (χ3v) is 3.78. The van der Waals surface area contributed by atoms with Gasteiger partial charge in [0, 0.05) is 17.8 Å². The third kappa shape index (κ3) is 2.73. The average molecular weight is 270 g/mol. The number of benzene rings is 1. The number of nitrogens with zero attached hydrogens (tertiary/aromatic N) is 1. The Morgan fingerprint density at radius 3 is 2.94 bits per heavy atom. The highest BCUT2D eigenvalue weighted by Crippen LogP contribution is 2.31. The van der Waals surface area contributed by atoms with Gasteiger partial charge in [0.15, 0.2) is 0 Å². The summed E-state index contributed by atoms with van der Waals surface area (Å²) in [7, 11) is 0. The zero-order chi connectivity index (χ0) is 13.1. The molecule has 0 aliphatic heterocycles. The predicted octanol–water partition coefficient (Wildman–Crippen LogP) is 2.79. The van der Waals surface area contributed by atoms with Gasteiger partial charge in [0.25, 0.3) is 5.69 Å². The summed E-state index contributed by atoms with van der Waals surface area (Å²) in [6, 6.07) is 5.10. The summed E-state index contributed by atoms with van der Waals surface area (Å²) in [6.07, 6.45) is 3.32. The second-order valence-electron chi connectivity index (χ2n) is 4.60. The molecule has 2 unspecified atom stereocenters. The summed E-state index contributed by atoms with van der Waals surface area (Å²) in [5.41, 5.74) is 6.38. The number of nitrogens with one attached hydrogen (secondary N) is 1. The highest BCUT2D eigenvalue weighted by molar-refractivity contribution is 6.32. The van der Waals surface area contributed by atoms with E-state index in [1.807, 2.05) is 0 Å². The first-order valence-electron chi connectivity index (χ1n) is 6.02. The summed E-state index contributed by atoms with van der Waals surface area (Å²) in [4.78, 5) is 10.3. The zero-order valence-electron chi connectivity index (χ0n) is 9.93. The van der Waals surface area contributed by atoms with E-state index in [4.69, 9.17) is 17.3 Å². The van der Waals surface area contributed by atoms with Crippen molar-refractivity contribution in [3.05, 3.63) is 33.3 Å². The molecule has 1 aliphatic carbocycles. The maximum atomic E-state index is 10.8. The van der Waals surface area contributed by atoms with E-state index in [1.165, 1.54) is 6.07 Å². The Kier molecular flexibility index (Phi) is 4.04. The van der Waals surface area contributed by atoms with Crippen LogP contribution in [-0.2, 0) is 0 Å². The number of hydrogen-bond acceptors (Lipinski definition) is 4. The molecule has 1 aromatic carbocycles. The van der Waals surface area contributed by atoms with Crippen molar-refractivity contribution in [3.8, 4) is 0 Å². The molecular formula is C12H16ClN3O2. The van der Waals surface area contributed by atoms with Crippen molar-refractivity contribution in [2.75, 3.05) is 11.9 Å². The molecule has 1 aliphatic rings. The minimum absolute atomic E-state index is 0.0658. The summed E-state index contributed by atoms with van der Waals surface area (Å²) >= 11 is 5.77. The van der Waals surface area contributed by atoms with Gasteiger partial charge in [-0.15, -0.1) is 0 Å². The lowest BCUT2D eigenvalue weighted by Gasteiger charge is -2.20. The minimum Gasteiger partial charge on any atom is -0.382 e. The first kappa shape index (κ1) is 13.1. The van der Waals surface area contributed by atoms with E-state index < -0.39 is 4.92 Å². The second kappa shape index (κ2) is 5.54. The molecule has 1 fully saturated rings. The van der Waals surface area contributed by atoms with Crippen LogP contribution in [-0.4, -0.2) is 17.5 Å². The van der Waals surface area contributed by atoms with Crippen molar-refractivity contribution >= 4 is 23.0 Å². The summed E-state index contributed by atoms with van der Waals surface area (Å²) < 4.78 is 0. The minimum atomic E-state index is -0.470. The van der Waals surface area contributed by atoms with Gasteiger partial charge in [0.2, 0.25) is 0 Å². The van der Waals surface area contributed by atoms with Crippen molar-refractivity contribution in [2.24, 2.45) is 11.7 Å². The Labute approximate surface area is 110 Å². The van der Waals surface area contributed by atoms with Crippen molar-refractivity contribution in [1.82, 2.24) is 0 Å². The standard InChI is InChI=1S/C12H16ClN3O2/c13-10-5-4-9(6-12(10)16(17)18)15-11-3-1-2-8(11)7-14/h4-6,8,11,15H,1-3,7,14H2. The number of halogens is 1.